The highest BCUT2D eigenvalue weighted by Crippen LogP contribution is 2.13. The van der Waals surface area contributed by atoms with Crippen molar-refractivity contribution >= 4 is 11.6 Å². The fourth-order valence-corrected chi connectivity index (χ4v) is 1.96. The minimum atomic E-state index is -0.793. The number of hydrogen-bond donors (Lipinski definition) is 1. The van der Waals surface area contributed by atoms with Crippen LogP contribution in [0.5, 0.6) is 0 Å². The number of hydrogen-bond acceptors (Lipinski definition) is 4. The lowest BCUT2D eigenvalue weighted by Crippen LogP contribution is -2.52. The second kappa shape index (κ2) is 6.17. The number of aliphatic hydroxyl groups excluding tert-OH is 1. The fraction of sp³-hybridized carbons (Fsp3) is 1.00. The normalized spacial score (nSPS) is 22.3. The van der Waals surface area contributed by atoms with Crippen LogP contribution >= 0.6 is 11.6 Å². The molecule has 96 valence electrons. The fourth-order valence-electron chi connectivity index (χ4n) is 1.72. The van der Waals surface area contributed by atoms with Crippen molar-refractivity contribution in [1.82, 2.24) is 9.80 Å². The number of alkyl halides is 1. The standard InChI is InChI=1S/C11H23ClN2O2/c1-11(2,3)16-10(15)14-8-6-13(5-4-12)7-9-14/h10,15H,4-9H2,1-3H3. The summed E-state index contributed by atoms with van der Waals surface area (Å²) in [6, 6.07) is 0. The van der Waals surface area contributed by atoms with Gasteiger partial charge in [-0.25, -0.2) is 0 Å². The van der Waals surface area contributed by atoms with Gasteiger partial charge in [0.15, 0.2) is 0 Å². The Kier molecular flexibility index (Phi) is 5.47. The van der Waals surface area contributed by atoms with Gasteiger partial charge < -0.3 is 9.84 Å². The number of aliphatic hydroxyl groups is 1. The van der Waals surface area contributed by atoms with Gasteiger partial charge in [-0.2, -0.15) is 0 Å². The highest BCUT2D eigenvalue weighted by Gasteiger charge is 2.25. The van der Waals surface area contributed by atoms with Crippen LogP contribution in [-0.2, 0) is 4.74 Å². The lowest BCUT2D eigenvalue weighted by molar-refractivity contribution is -0.243. The molecule has 0 bridgehead atoms. The minimum Gasteiger partial charge on any atom is -0.356 e. The average molecular weight is 251 g/mol. The Balaban J connectivity index is 2.30. The van der Waals surface area contributed by atoms with Crippen LogP contribution in [0.3, 0.4) is 0 Å². The molecule has 1 aliphatic heterocycles. The Hall–Kier alpha value is 0.130. The first-order valence-corrected chi connectivity index (χ1v) is 6.34. The first kappa shape index (κ1) is 14.2. The van der Waals surface area contributed by atoms with Gasteiger partial charge in [0.05, 0.1) is 5.60 Å². The maximum atomic E-state index is 9.88. The molecule has 0 aromatic carbocycles. The van der Waals surface area contributed by atoms with Gasteiger partial charge in [0.1, 0.15) is 0 Å². The van der Waals surface area contributed by atoms with Crippen molar-refractivity contribution < 1.29 is 9.84 Å². The largest absolute Gasteiger partial charge is 0.356 e. The summed E-state index contributed by atoms with van der Waals surface area (Å²) in [7, 11) is 0. The van der Waals surface area contributed by atoms with Crippen LogP contribution in [0.1, 0.15) is 20.8 Å². The first-order valence-electron chi connectivity index (χ1n) is 5.80. The molecule has 1 atom stereocenters. The smallest absolute Gasteiger partial charge is 0.216 e. The van der Waals surface area contributed by atoms with E-state index >= 15 is 0 Å². The lowest BCUT2D eigenvalue weighted by Gasteiger charge is -2.38. The van der Waals surface area contributed by atoms with Crippen molar-refractivity contribution in [2.45, 2.75) is 32.8 Å². The minimum absolute atomic E-state index is 0.313. The van der Waals surface area contributed by atoms with Crippen molar-refractivity contribution in [1.29, 1.82) is 0 Å². The molecule has 0 aromatic heterocycles. The Morgan fingerprint density at radius 1 is 1.25 bits per heavy atom. The molecule has 0 aromatic rings. The molecule has 1 fully saturated rings. The van der Waals surface area contributed by atoms with Crippen LogP contribution in [0.15, 0.2) is 0 Å². The van der Waals surface area contributed by atoms with Gasteiger partial charge in [0.2, 0.25) is 6.41 Å². The SMILES string of the molecule is CC(C)(C)OC(O)N1CCN(CCCl)CC1. The first-order chi connectivity index (χ1) is 7.42. The molecule has 0 saturated carbocycles. The zero-order valence-corrected chi connectivity index (χ0v) is 11.2. The Labute approximate surface area is 103 Å². The Bertz CT molecular complexity index is 201. The maximum Gasteiger partial charge on any atom is 0.216 e. The summed E-state index contributed by atoms with van der Waals surface area (Å²) in [5.41, 5.74) is -0.313. The molecule has 0 spiro atoms. The van der Waals surface area contributed by atoms with Crippen LogP contribution in [0.25, 0.3) is 0 Å². The van der Waals surface area contributed by atoms with E-state index in [4.69, 9.17) is 16.3 Å². The average Bonchev–Trinajstić information content (AvgIpc) is 2.16. The van der Waals surface area contributed by atoms with Crippen molar-refractivity contribution in [2.24, 2.45) is 0 Å². The zero-order chi connectivity index (χ0) is 12.2. The van der Waals surface area contributed by atoms with Crippen LogP contribution in [0, 0.1) is 0 Å². The summed E-state index contributed by atoms with van der Waals surface area (Å²) in [6.07, 6.45) is -0.793. The van der Waals surface area contributed by atoms with Crippen molar-refractivity contribution in [3.8, 4) is 0 Å². The Morgan fingerprint density at radius 2 is 1.81 bits per heavy atom. The summed E-state index contributed by atoms with van der Waals surface area (Å²) in [5.74, 6) is 0.668. The van der Waals surface area contributed by atoms with E-state index in [0.29, 0.717) is 5.88 Å². The van der Waals surface area contributed by atoms with Crippen molar-refractivity contribution in [2.75, 3.05) is 38.6 Å². The van der Waals surface area contributed by atoms with Gasteiger partial charge in [0.25, 0.3) is 0 Å². The van der Waals surface area contributed by atoms with E-state index in [2.05, 4.69) is 4.90 Å². The molecule has 1 heterocycles. The van der Waals surface area contributed by atoms with Crippen LogP contribution in [-0.4, -0.2) is 65.5 Å². The molecule has 1 N–H and O–H groups in total. The maximum absolute atomic E-state index is 9.88. The monoisotopic (exact) mass is 250 g/mol. The van der Waals surface area contributed by atoms with Gasteiger partial charge in [-0.3, -0.25) is 9.80 Å². The van der Waals surface area contributed by atoms with E-state index < -0.39 is 6.41 Å². The van der Waals surface area contributed by atoms with Gasteiger partial charge in [-0.05, 0) is 20.8 Å². The summed E-state index contributed by atoms with van der Waals surface area (Å²) in [4.78, 5) is 4.25. The zero-order valence-electron chi connectivity index (χ0n) is 10.4. The molecule has 1 rings (SSSR count). The third kappa shape index (κ3) is 4.97. The highest BCUT2D eigenvalue weighted by atomic mass is 35.5. The molecule has 0 aliphatic carbocycles. The predicted molar refractivity (Wildman–Crippen MR) is 65.6 cm³/mol. The van der Waals surface area contributed by atoms with Crippen LogP contribution in [0.4, 0.5) is 0 Å². The van der Waals surface area contributed by atoms with Crippen molar-refractivity contribution in [3.63, 3.8) is 0 Å². The van der Waals surface area contributed by atoms with E-state index in [1.807, 2.05) is 25.7 Å². The second-order valence-electron chi connectivity index (χ2n) is 5.12. The number of halogens is 1. The van der Waals surface area contributed by atoms with E-state index in [-0.39, 0.29) is 5.60 Å². The third-order valence-electron chi connectivity index (χ3n) is 2.58. The molecule has 0 amide bonds. The molecule has 5 heteroatoms. The summed E-state index contributed by atoms with van der Waals surface area (Å²) < 4.78 is 5.51. The molecule has 1 aliphatic rings. The quantitative estimate of drug-likeness (QED) is 0.595. The highest BCUT2D eigenvalue weighted by molar-refractivity contribution is 6.18. The molecule has 1 saturated heterocycles. The summed E-state index contributed by atoms with van der Waals surface area (Å²) in [6.45, 7) is 10.3. The second-order valence-corrected chi connectivity index (χ2v) is 5.50. The molecule has 4 nitrogen and oxygen atoms in total. The van der Waals surface area contributed by atoms with Gasteiger partial charge in [-0.15, -0.1) is 11.6 Å². The molecular weight excluding hydrogens is 228 g/mol. The van der Waals surface area contributed by atoms with E-state index in [0.717, 1.165) is 32.7 Å². The predicted octanol–water partition coefficient (Wildman–Crippen LogP) is 0.934. The number of piperazine rings is 1. The van der Waals surface area contributed by atoms with Crippen molar-refractivity contribution in [3.05, 3.63) is 0 Å². The van der Waals surface area contributed by atoms with Gasteiger partial charge in [-0.1, -0.05) is 0 Å². The lowest BCUT2D eigenvalue weighted by atomic mass is 10.2. The van der Waals surface area contributed by atoms with E-state index in [9.17, 15) is 5.11 Å². The Morgan fingerprint density at radius 3 is 2.25 bits per heavy atom. The topological polar surface area (TPSA) is 35.9 Å². The van der Waals surface area contributed by atoms with Gasteiger partial charge >= 0.3 is 0 Å². The summed E-state index contributed by atoms with van der Waals surface area (Å²) in [5, 5.41) is 9.88. The van der Waals surface area contributed by atoms with Gasteiger partial charge in [0, 0.05) is 38.6 Å². The van der Waals surface area contributed by atoms with E-state index in [1.165, 1.54) is 0 Å². The molecule has 0 radical (unpaired) electrons. The van der Waals surface area contributed by atoms with E-state index in [1.54, 1.807) is 0 Å². The number of ether oxygens (including phenoxy) is 1. The number of rotatable bonds is 4. The molecule has 16 heavy (non-hydrogen) atoms. The molecular formula is C11H23ClN2O2. The van der Waals surface area contributed by atoms with Crippen LogP contribution < -0.4 is 0 Å². The third-order valence-corrected chi connectivity index (χ3v) is 2.75. The molecule has 1 unspecified atom stereocenters. The summed E-state index contributed by atoms with van der Waals surface area (Å²) >= 11 is 5.69. The number of nitrogens with zero attached hydrogens (tertiary/aromatic N) is 2. The van der Waals surface area contributed by atoms with Crippen LogP contribution in [0.2, 0.25) is 0 Å².